The van der Waals surface area contributed by atoms with Crippen molar-refractivity contribution < 1.29 is 9.32 Å². The summed E-state index contributed by atoms with van der Waals surface area (Å²) in [5.74, 6) is 0.307. The summed E-state index contributed by atoms with van der Waals surface area (Å²) < 4.78 is 6.22. The second-order valence-electron chi connectivity index (χ2n) is 5.55. The van der Waals surface area contributed by atoms with Crippen LogP contribution in [0.2, 0.25) is 0 Å². The van der Waals surface area contributed by atoms with E-state index in [4.69, 9.17) is 4.52 Å². The molecule has 122 valence electrons. The molecule has 1 atom stereocenters. The van der Waals surface area contributed by atoms with Gasteiger partial charge in [0.1, 0.15) is 17.0 Å². The number of rotatable bonds is 4. The van der Waals surface area contributed by atoms with Gasteiger partial charge in [-0.05, 0) is 25.5 Å². The maximum Gasteiger partial charge on any atom is 0.257 e. The Morgan fingerprint density at radius 2 is 1.79 bits per heavy atom. The summed E-state index contributed by atoms with van der Waals surface area (Å²) >= 11 is 3.52. The summed E-state index contributed by atoms with van der Waals surface area (Å²) in [6.07, 6.45) is 0. The SMILES string of the molecule is Cc1onc(-c2ccccc2)c1C(=O)NC(C)c1ccccc1Br. The van der Waals surface area contributed by atoms with E-state index in [-0.39, 0.29) is 11.9 Å². The third-order valence-corrected chi connectivity index (χ3v) is 4.58. The Kier molecular flexibility index (Phi) is 4.81. The quantitative estimate of drug-likeness (QED) is 0.695. The fourth-order valence-electron chi connectivity index (χ4n) is 2.61. The Hall–Kier alpha value is -2.40. The summed E-state index contributed by atoms with van der Waals surface area (Å²) in [5.41, 5.74) is 2.90. The van der Waals surface area contributed by atoms with Crippen LogP contribution < -0.4 is 5.32 Å². The van der Waals surface area contributed by atoms with E-state index in [1.807, 2.05) is 61.5 Å². The van der Waals surface area contributed by atoms with Crippen LogP contribution in [0.15, 0.2) is 63.6 Å². The molecule has 24 heavy (non-hydrogen) atoms. The van der Waals surface area contributed by atoms with Crippen LogP contribution in [0.5, 0.6) is 0 Å². The zero-order valence-corrected chi connectivity index (χ0v) is 15.0. The van der Waals surface area contributed by atoms with Crippen LogP contribution in [0, 0.1) is 6.92 Å². The normalized spacial score (nSPS) is 12.0. The third kappa shape index (κ3) is 3.26. The number of nitrogens with one attached hydrogen (secondary N) is 1. The van der Waals surface area contributed by atoms with Gasteiger partial charge in [0.25, 0.3) is 5.91 Å². The molecule has 2 aromatic carbocycles. The van der Waals surface area contributed by atoms with Crippen LogP contribution >= 0.6 is 15.9 Å². The van der Waals surface area contributed by atoms with E-state index >= 15 is 0 Å². The van der Waals surface area contributed by atoms with Crippen molar-refractivity contribution in [2.75, 3.05) is 0 Å². The predicted molar refractivity (Wildman–Crippen MR) is 96.7 cm³/mol. The van der Waals surface area contributed by atoms with Crippen molar-refractivity contribution in [3.8, 4) is 11.3 Å². The summed E-state index contributed by atoms with van der Waals surface area (Å²) in [6.45, 7) is 3.69. The highest BCUT2D eigenvalue weighted by atomic mass is 79.9. The molecule has 5 heteroatoms. The topological polar surface area (TPSA) is 55.1 Å². The molecule has 1 amide bonds. The summed E-state index contributed by atoms with van der Waals surface area (Å²) in [6, 6.07) is 17.2. The van der Waals surface area contributed by atoms with Gasteiger partial charge in [0.05, 0.1) is 6.04 Å². The van der Waals surface area contributed by atoms with Gasteiger partial charge < -0.3 is 9.84 Å². The van der Waals surface area contributed by atoms with Crippen LogP contribution in [-0.4, -0.2) is 11.1 Å². The summed E-state index contributed by atoms with van der Waals surface area (Å²) in [4.78, 5) is 12.8. The van der Waals surface area contributed by atoms with E-state index < -0.39 is 0 Å². The van der Waals surface area contributed by atoms with Crippen molar-refractivity contribution in [3.05, 3.63) is 76.0 Å². The molecule has 3 aromatic rings. The highest BCUT2D eigenvalue weighted by molar-refractivity contribution is 9.10. The molecule has 3 rings (SSSR count). The standard InChI is InChI=1S/C19H17BrN2O2/c1-12(15-10-6-7-11-16(15)20)21-19(23)17-13(2)24-22-18(17)14-8-4-3-5-9-14/h3-12H,1-2H3,(H,21,23). The largest absolute Gasteiger partial charge is 0.360 e. The average Bonchev–Trinajstić information content (AvgIpc) is 2.97. The van der Waals surface area contributed by atoms with Crippen molar-refractivity contribution in [2.45, 2.75) is 19.9 Å². The number of nitrogens with zero attached hydrogens (tertiary/aromatic N) is 1. The molecule has 0 saturated carbocycles. The van der Waals surface area contributed by atoms with Crippen LogP contribution in [-0.2, 0) is 0 Å². The van der Waals surface area contributed by atoms with Crippen LogP contribution in [0.4, 0.5) is 0 Å². The molecule has 1 N–H and O–H groups in total. The molecule has 0 fully saturated rings. The van der Waals surface area contributed by atoms with Crippen LogP contribution in [0.3, 0.4) is 0 Å². The molecule has 0 bridgehead atoms. The van der Waals surface area contributed by atoms with Crippen molar-refractivity contribution in [1.82, 2.24) is 10.5 Å². The first-order valence-electron chi connectivity index (χ1n) is 7.65. The molecule has 1 heterocycles. The number of carbonyl (C=O) groups is 1. The number of benzene rings is 2. The number of aromatic nitrogens is 1. The zero-order valence-electron chi connectivity index (χ0n) is 13.4. The van der Waals surface area contributed by atoms with E-state index in [0.717, 1.165) is 15.6 Å². The Morgan fingerprint density at radius 3 is 2.50 bits per heavy atom. The Labute approximate surface area is 149 Å². The van der Waals surface area contributed by atoms with Crippen molar-refractivity contribution >= 4 is 21.8 Å². The third-order valence-electron chi connectivity index (χ3n) is 3.86. The van der Waals surface area contributed by atoms with Crippen molar-refractivity contribution in [3.63, 3.8) is 0 Å². The molecule has 0 aliphatic carbocycles. The lowest BCUT2D eigenvalue weighted by atomic mass is 10.0. The Morgan fingerprint density at radius 1 is 1.12 bits per heavy atom. The van der Waals surface area contributed by atoms with Gasteiger partial charge in [-0.3, -0.25) is 4.79 Å². The highest BCUT2D eigenvalue weighted by Gasteiger charge is 2.23. The zero-order chi connectivity index (χ0) is 17.1. The molecule has 0 aliphatic heterocycles. The first-order chi connectivity index (χ1) is 11.6. The molecule has 0 spiro atoms. The summed E-state index contributed by atoms with van der Waals surface area (Å²) in [5, 5.41) is 7.08. The second-order valence-corrected chi connectivity index (χ2v) is 6.40. The molecule has 1 aromatic heterocycles. The fourth-order valence-corrected chi connectivity index (χ4v) is 3.23. The lowest BCUT2D eigenvalue weighted by Crippen LogP contribution is -2.27. The maximum atomic E-state index is 12.8. The number of aryl methyl sites for hydroxylation is 1. The molecular weight excluding hydrogens is 368 g/mol. The fraction of sp³-hybridized carbons (Fsp3) is 0.158. The number of hydrogen-bond acceptors (Lipinski definition) is 3. The van der Waals surface area contributed by atoms with Crippen LogP contribution in [0.1, 0.15) is 34.6 Å². The monoisotopic (exact) mass is 384 g/mol. The van der Waals surface area contributed by atoms with Gasteiger partial charge in [-0.15, -0.1) is 0 Å². The number of hydrogen-bond donors (Lipinski definition) is 1. The first kappa shape index (κ1) is 16.5. The van der Waals surface area contributed by atoms with E-state index in [2.05, 4.69) is 26.4 Å². The van der Waals surface area contributed by atoms with Gasteiger partial charge in [0.2, 0.25) is 0 Å². The maximum absolute atomic E-state index is 12.8. The van der Waals surface area contributed by atoms with Gasteiger partial charge in [0, 0.05) is 10.0 Å². The number of carbonyl (C=O) groups excluding carboxylic acids is 1. The van der Waals surface area contributed by atoms with E-state index in [1.165, 1.54) is 0 Å². The molecule has 0 radical (unpaired) electrons. The van der Waals surface area contributed by atoms with Gasteiger partial charge in [-0.1, -0.05) is 69.6 Å². The van der Waals surface area contributed by atoms with Gasteiger partial charge in [-0.25, -0.2) is 0 Å². The molecular formula is C19H17BrN2O2. The molecule has 1 unspecified atom stereocenters. The Balaban J connectivity index is 1.89. The van der Waals surface area contributed by atoms with E-state index in [1.54, 1.807) is 6.92 Å². The van der Waals surface area contributed by atoms with E-state index in [9.17, 15) is 4.79 Å². The van der Waals surface area contributed by atoms with Crippen molar-refractivity contribution in [1.29, 1.82) is 0 Å². The molecule has 0 aliphatic rings. The highest BCUT2D eigenvalue weighted by Crippen LogP contribution is 2.27. The predicted octanol–water partition coefficient (Wildman–Crippen LogP) is 4.90. The smallest absolute Gasteiger partial charge is 0.257 e. The van der Waals surface area contributed by atoms with E-state index in [0.29, 0.717) is 17.0 Å². The van der Waals surface area contributed by atoms with Gasteiger partial charge in [0.15, 0.2) is 0 Å². The molecule has 0 saturated heterocycles. The van der Waals surface area contributed by atoms with Gasteiger partial charge >= 0.3 is 0 Å². The minimum atomic E-state index is -0.198. The second kappa shape index (κ2) is 7.01. The lowest BCUT2D eigenvalue weighted by molar-refractivity contribution is 0.0939. The molecule has 4 nitrogen and oxygen atoms in total. The van der Waals surface area contributed by atoms with Gasteiger partial charge in [-0.2, -0.15) is 0 Å². The minimum Gasteiger partial charge on any atom is -0.360 e. The summed E-state index contributed by atoms with van der Waals surface area (Å²) in [7, 11) is 0. The number of amides is 1. The van der Waals surface area contributed by atoms with Crippen LogP contribution in [0.25, 0.3) is 11.3 Å². The average molecular weight is 385 g/mol. The number of halogens is 1. The Bertz CT molecular complexity index is 859. The van der Waals surface area contributed by atoms with Crippen molar-refractivity contribution in [2.24, 2.45) is 0 Å². The lowest BCUT2D eigenvalue weighted by Gasteiger charge is -2.16. The minimum absolute atomic E-state index is 0.147. The first-order valence-corrected chi connectivity index (χ1v) is 8.44.